The molecule has 1 aliphatic heterocycles. The summed E-state index contributed by atoms with van der Waals surface area (Å²) in [5.74, 6) is -1.69. The van der Waals surface area contributed by atoms with Gasteiger partial charge in [-0.15, -0.1) is 0 Å². The van der Waals surface area contributed by atoms with E-state index in [1.807, 2.05) is 36.4 Å². The molecule has 0 radical (unpaired) electrons. The topological polar surface area (TPSA) is 105 Å². The number of sulfonamides is 1. The lowest BCUT2D eigenvalue weighted by Crippen LogP contribution is -2.52. The third kappa shape index (κ3) is 5.77. The van der Waals surface area contributed by atoms with Gasteiger partial charge in [-0.25, -0.2) is 12.8 Å². The highest BCUT2D eigenvalue weighted by atomic mass is 32.2. The first-order valence-corrected chi connectivity index (χ1v) is 12.7. The Morgan fingerprint density at radius 3 is 2.49 bits per heavy atom. The van der Waals surface area contributed by atoms with E-state index in [0.29, 0.717) is 18.6 Å². The van der Waals surface area contributed by atoms with E-state index in [4.69, 9.17) is 4.74 Å². The largest absolute Gasteiger partial charge is 0.481 e. The van der Waals surface area contributed by atoms with Crippen molar-refractivity contribution < 1.29 is 27.1 Å². The van der Waals surface area contributed by atoms with E-state index in [2.05, 4.69) is 10.9 Å². The minimum atomic E-state index is -3.86. The van der Waals surface area contributed by atoms with Crippen molar-refractivity contribution in [3.05, 3.63) is 72.5 Å². The lowest BCUT2D eigenvalue weighted by atomic mass is 9.99. The number of fused-ring (bicyclic) bond motifs is 1. The van der Waals surface area contributed by atoms with Crippen molar-refractivity contribution in [2.24, 2.45) is 5.92 Å². The van der Waals surface area contributed by atoms with Gasteiger partial charge in [0, 0.05) is 13.1 Å². The highest BCUT2D eigenvalue weighted by Crippen LogP contribution is 2.24. The van der Waals surface area contributed by atoms with E-state index in [1.165, 1.54) is 16.4 Å². The van der Waals surface area contributed by atoms with Gasteiger partial charge in [-0.3, -0.25) is 20.4 Å². The van der Waals surface area contributed by atoms with Crippen LogP contribution in [0.4, 0.5) is 4.39 Å². The van der Waals surface area contributed by atoms with Crippen LogP contribution in [0.5, 0.6) is 5.75 Å². The molecule has 0 spiro atoms. The summed E-state index contributed by atoms with van der Waals surface area (Å²) in [5.41, 5.74) is 4.73. The van der Waals surface area contributed by atoms with Crippen molar-refractivity contribution in [1.82, 2.24) is 15.2 Å². The summed E-state index contributed by atoms with van der Waals surface area (Å²) in [7, 11) is -3.86. The lowest BCUT2D eigenvalue weighted by molar-refractivity contribution is -0.134. The molecule has 2 unspecified atom stereocenters. The highest BCUT2D eigenvalue weighted by molar-refractivity contribution is 7.89. The van der Waals surface area contributed by atoms with Crippen molar-refractivity contribution in [3.63, 3.8) is 0 Å². The molecule has 1 saturated heterocycles. The first-order valence-electron chi connectivity index (χ1n) is 11.2. The number of nitrogens with zero attached hydrogens (tertiary/aromatic N) is 1. The molecule has 10 heteroatoms. The molecule has 0 aromatic heterocycles. The van der Waals surface area contributed by atoms with Crippen LogP contribution in [-0.2, 0) is 19.6 Å². The summed E-state index contributed by atoms with van der Waals surface area (Å²) in [6.07, 6.45) is 0.0759. The van der Waals surface area contributed by atoms with Gasteiger partial charge in [-0.1, -0.05) is 30.3 Å². The molecule has 0 saturated carbocycles. The van der Waals surface area contributed by atoms with Gasteiger partial charge < -0.3 is 4.74 Å². The lowest BCUT2D eigenvalue weighted by Gasteiger charge is -2.31. The summed E-state index contributed by atoms with van der Waals surface area (Å²) < 4.78 is 45.8. The number of carbonyl (C=O) groups is 2. The number of benzene rings is 3. The summed E-state index contributed by atoms with van der Waals surface area (Å²) in [4.78, 5) is 25.1. The first kappa shape index (κ1) is 24.6. The maximum Gasteiger partial charge on any atom is 0.279 e. The Bertz CT molecular complexity index is 1330. The maximum absolute atomic E-state index is 13.2. The highest BCUT2D eigenvalue weighted by Gasteiger charge is 2.33. The molecule has 35 heavy (non-hydrogen) atoms. The quantitative estimate of drug-likeness (QED) is 0.508. The van der Waals surface area contributed by atoms with Gasteiger partial charge in [-0.2, -0.15) is 4.31 Å². The number of amides is 2. The van der Waals surface area contributed by atoms with Crippen LogP contribution in [0.25, 0.3) is 10.8 Å². The summed E-state index contributed by atoms with van der Waals surface area (Å²) in [6.45, 7) is 1.78. The Balaban J connectivity index is 1.31. The van der Waals surface area contributed by atoms with Gasteiger partial charge >= 0.3 is 0 Å². The molecule has 3 aromatic rings. The average Bonchev–Trinajstić information content (AvgIpc) is 2.87. The Morgan fingerprint density at radius 2 is 1.74 bits per heavy atom. The Morgan fingerprint density at radius 1 is 1.03 bits per heavy atom. The van der Waals surface area contributed by atoms with E-state index in [1.54, 1.807) is 13.0 Å². The zero-order chi connectivity index (χ0) is 25.0. The van der Waals surface area contributed by atoms with E-state index >= 15 is 0 Å². The van der Waals surface area contributed by atoms with Crippen LogP contribution in [0.15, 0.2) is 71.6 Å². The number of carbonyl (C=O) groups excluding carboxylic acids is 2. The van der Waals surface area contributed by atoms with Crippen molar-refractivity contribution in [3.8, 4) is 5.75 Å². The van der Waals surface area contributed by atoms with Gasteiger partial charge in [0.2, 0.25) is 15.9 Å². The Labute approximate surface area is 203 Å². The molecule has 0 bridgehead atoms. The van der Waals surface area contributed by atoms with Gasteiger partial charge in [0.1, 0.15) is 11.6 Å². The Hall–Kier alpha value is -3.50. The van der Waals surface area contributed by atoms with E-state index in [9.17, 15) is 22.4 Å². The number of hydrogen-bond acceptors (Lipinski definition) is 5. The van der Waals surface area contributed by atoms with Crippen LogP contribution >= 0.6 is 0 Å². The molecule has 0 aliphatic carbocycles. The smallest absolute Gasteiger partial charge is 0.279 e. The van der Waals surface area contributed by atoms with Crippen LogP contribution in [-0.4, -0.2) is 43.7 Å². The molecule has 1 fully saturated rings. The predicted octanol–water partition coefficient (Wildman–Crippen LogP) is 2.99. The molecule has 184 valence electrons. The minimum absolute atomic E-state index is 0.0343. The number of nitrogens with one attached hydrogen (secondary N) is 2. The van der Waals surface area contributed by atoms with Crippen molar-refractivity contribution in [2.45, 2.75) is 30.8 Å². The van der Waals surface area contributed by atoms with Gasteiger partial charge in [0.15, 0.2) is 6.10 Å². The van der Waals surface area contributed by atoms with E-state index in [0.717, 1.165) is 22.9 Å². The molecule has 2 amide bonds. The molecule has 2 N–H and O–H groups in total. The van der Waals surface area contributed by atoms with Crippen LogP contribution < -0.4 is 15.6 Å². The normalized spacial score (nSPS) is 17.5. The van der Waals surface area contributed by atoms with Crippen LogP contribution in [0.1, 0.15) is 19.8 Å². The predicted molar refractivity (Wildman–Crippen MR) is 128 cm³/mol. The van der Waals surface area contributed by atoms with E-state index < -0.39 is 39.7 Å². The van der Waals surface area contributed by atoms with Crippen LogP contribution in [0.3, 0.4) is 0 Å². The fourth-order valence-electron chi connectivity index (χ4n) is 3.96. The first-order chi connectivity index (χ1) is 16.7. The summed E-state index contributed by atoms with van der Waals surface area (Å²) in [6, 6.07) is 17.8. The van der Waals surface area contributed by atoms with Crippen LogP contribution in [0, 0.1) is 11.7 Å². The summed E-state index contributed by atoms with van der Waals surface area (Å²) >= 11 is 0. The second kappa shape index (κ2) is 10.4. The number of piperidine rings is 1. The molecule has 3 aromatic carbocycles. The third-order valence-electron chi connectivity index (χ3n) is 5.92. The second-order valence-electron chi connectivity index (χ2n) is 8.40. The zero-order valence-electron chi connectivity index (χ0n) is 19.1. The average molecular weight is 500 g/mol. The van der Waals surface area contributed by atoms with Crippen molar-refractivity contribution >= 4 is 32.6 Å². The summed E-state index contributed by atoms with van der Waals surface area (Å²) in [5, 5.41) is 2.02. The van der Waals surface area contributed by atoms with Gasteiger partial charge in [0.25, 0.3) is 5.91 Å². The number of hydrazine groups is 1. The van der Waals surface area contributed by atoms with Crippen molar-refractivity contribution in [1.29, 1.82) is 0 Å². The second-order valence-corrected chi connectivity index (χ2v) is 10.3. The number of rotatable bonds is 6. The number of hydrogen-bond donors (Lipinski definition) is 2. The minimum Gasteiger partial charge on any atom is -0.481 e. The standard InChI is InChI=1S/C25H26FN3O5S/c1-17(34-22-11-8-18-5-2-3-6-19(18)15-22)24(30)27-28-25(31)20-7-4-14-29(16-20)35(32,33)23-12-9-21(26)10-13-23/h2-3,5-6,8-13,15,17,20H,4,7,14,16H2,1H3,(H,27,30)(H,28,31). The Kier molecular flexibility index (Phi) is 7.32. The third-order valence-corrected chi connectivity index (χ3v) is 7.80. The zero-order valence-corrected chi connectivity index (χ0v) is 19.9. The fraction of sp³-hybridized carbons (Fsp3) is 0.280. The molecule has 2 atom stereocenters. The molecule has 4 rings (SSSR count). The molecule has 1 heterocycles. The fourth-order valence-corrected chi connectivity index (χ4v) is 5.48. The maximum atomic E-state index is 13.2. The molecular weight excluding hydrogens is 473 g/mol. The van der Waals surface area contributed by atoms with Gasteiger partial charge in [-0.05, 0) is 66.9 Å². The number of ether oxygens (including phenoxy) is 1. The number of halogens is 1. The van der Waals surface area contributed by atoms with Crippen molar-refractivity contribution in [2.75, 3.05) is 13.1 Å². The SMILES string of the molecule is CC(Oc1ccc2ccccc2c1)C(=O)NNC(=O)C1CCCN(S(=O)(=O)c2ccc(F)cc2)C1. The molecule has 8 nitrogen and oxygen atoms in total. The van der Waals surface area contributed by atoms with Gasteiger partial charge in [0.05, 0.1) is 10.8 Å². The van der Waals surface area contributed by atoms with Crippen LogP contribution in [0.2, 0.25) is 0 Å². The monoisotopic (exact) mass is 499 g/mol. The van der Waals surface area contributed by atoms with E-state index in [-0.39, 0.29) is 18.0 Å². The molecule has 1 aliphatic rings. The molecular formula is C25H26FN3O5S.